The summed E-state index contributed by atoms with van der Waals surface area (Å²) in [6, 6.07) is 17.9. The quantitative estimate of drug-likeness (QED) is 0.665. The Hall–Kier alpha value is -2.27. The van der Waals surface area contributed by atoms with Crippen LogP contribution in [0.4, 0.5) is 5.69 Å². The van der Waals surface area contributed by atoms with Crippen LogP contribution in [-0.2, 0) is 0 Å². The maximum Gasteiger partial charge on any atom is 0.289 e. The van der Waals surface area contributed by atoms with E-state index in [9.17, 15) is 4.79 Å². The molecule has 0 N–H and O–H groups in total. The van der Waals surface area contributed by atoms with Crippen molar-refractivity contribution in [3.63, 3.8) is 0 Å². The van der Waals surface area contributed by atoms with Crippen LogP contribution in [-0.4, -0.2) is 37.0 Å². The molecule has 4 rings (SSSR count). The van der Waals surface area contributed by atoms with Crippen LogP contribution in [0, 0.1) is 0 Å². The first-order chi connectivity index (χ1) is 11.7. The van der Waals surface area contributed by atoms with Gasteiger partial charge in [-0.1, -0.05) is 40.2 Å². The summed E-state index contributed by atoms with van der Waals surface area (Å²) < 4.78 is 6.68. The van der Waals surface area contributed by atoms with Crippen molar-refractivity contribution >= 4 is 38.5 Å². The fourth-order valence-electron chi connectivity index (χ4n) is 3.09. The van der Waals surface area contributed by atoms with Crippen LogP contribution >= 0.6 is 15.9 Å². The molecule has 122 valence electrons. The second-order valence-electron chi connectivity index (χ2n) is 5.88. The van der Waals surface area contributed by atoms with Crippen molar-refractivity contribution < 1.29 is 9.21 Å². The van der Waals surface area contributed by atoms with E-state index in [4.69, 9.17) is 4.42 Å². The number of fused-ring (bicyclic) bond motifs is 1. The minimum Gasteiger partial charge on any atom is -0.451 e. The summed E-state index contributed by atoms with van der Waals surface area (Å²) in [6.45, 7) is 3.07. The van der Waals surface area contributed by atoms with Gasteiger partial charge in [-0.05, 0) is 30.3 Å². The summed E-state index contributed by atoms with van der Waals surface area (Å²) in [5, 5.41) is 0.934. The van der Waals surface area contributed by atoms with Gasteiger partial charge in [-0.2, -0.15) is 0 Å². The maximum atomic E-state index is 12.7. The van der Waals surface area contributed by atoms with Crippen LogP contribution in [0.2, 0.25) is 0 Å². The number of hydrogen-bond acceptors (Lipinski definition) is 3. The molecule has 0 atom stereocenters. The highest BCUT2D eigenvalue weighted by molar-refractivity contribution is 9.10. The van der Waals surface area contributed by atoms with Crippen molar-refractivity contribution in [3.8, 4) is 0 Å². The zero-order chi connectivity index (χ0) is 16.5. The zero-order valence-electron chi connectivity index (χ0n) is 13.1. The SMILES string of the molecule is O=C(c1cc2c(Br)cccc2o1)N1CCN(c2ccccc2)CC1. The standard InChI is InChI=1S/C19H17BrN2O2/c20-16-7-4-8-17-15(16)13-18(24-17)19(23)22-11-9-21(10-12-22)14-5-2-1-3-6-14/h1-8,13H,9-12H2. The maximum absolute atomic E-state index is 12.7. The molecule has 0 spiro atoms. The van der Waals surface area contributed by atoms with Gasteiger partial charge in [-0.25, -0.2) is 0 Å². The van der Waals surface area contributed by atoms with Gasteiger partial charge >= 0.3 is 0 Å². The minimum atomic E-state index is -0.0363. The number of halogens is 1. The molecule has 1 saturated heterocycles. The predicted octanol–water partition coefficient (Wildman–Crippen LogP) is 4.16. The molecule has 0 unspecified atom stereocenters. The topological polar surface area (TPSA) is 36.7 Å². The van der Waals surface area contributed by atoms with Gasteiger partial charge in [0.2, 0.25) is 0 Å². The Labute approximate surface area is 148 Å². The predicted molar refractivity (Wildman–Crippen MR) is 98.5 cm³/mol. The molecule has 2 heterocycles. The van der Waals surface area contributed by atoms with Gasteiger partial charge in [-0.15, -0.1) is 0 Å². The first-order valence-electron chi connectivity index (χ1n) is 8.00. The number of hydrogen-bond donors (Lipinski definition) is 0. The van der Waals surface area contributed by atoms with Crippen LogP contribution in [0.3, 0.4) is 0 Å². The van der Waals surface area contributed by atoms with Gasteiger partial charge < -0.3 is 14.2 Å². The van der Waals surface area contributed by atoms with Crippen molar-refractivity contribution in [2.24, 2.45) is 0 Å². The van der Waals surface area contributed by atoms with E-state index in [0.29, 0.717) is 18.8 Å². The number of amides is 1. The Bertz CT molecular complexity index is 867. The van der Waals surface area contributed by atoms with E-state index in [0.717, 1.165) is 28.5 Å². The number of piperazine rings is 1. The number of para-hydroxylation sites is 1. The van der Waals surface area contributed by atoms with Crippen molar-refractivity contribution in [1.29, 1.82) is 0 Å². The molecule has 0 saturated carbocycles. The van der Waals surface area contributed by atoms with E-state index < -0.39 is 0 Å². The number of rotatable bonds is 2. The second kappa shape index (κ2) is 6.32. The molecule has 3 aromatic rings. The second-order valence-corrected chi connectivity index (χ2v) is 6.73. The van der Waals surface area contributed by atoms with Crippen molar-refractivity contribution in [1.82, 2.24) is 4.90 Å². The van der Waals surface area contributed by atoms with Gasteiger partial charge in [0, 0.05) is 41.7 Å². The summed E-state index contributed by atoms with van der Waals surface area (Å²) >= 11 is 3.50. The van der Waals surface area contributed by atoms with E-state index in [1.165, 1.54) is 5.69 Å². The normalized spacial score (nSPS) is 15.0. The van der Waals surface area contributed by atoms with Crippen molar-refractivity contribution in [2.45, 2.75) is 0 Å². The van der Waals surface area contributed by atoms with Crippen molar-refractivity contribution in [2.75, 3.05) is 31.1 Å². The average Bonchev–Trinajstić information content (AvgIpc) is 3.08. The number of carbonyl (C=O) groups is 1. The zero-order valence-corrected chi connectivity index (χ0v) is 14.7. The van der Waals surface area contributed by atoms with E-state index in [1.807, 2.05) is 47.4 Å². The Morgan fingerprint density at radius 2 is 1.71 bits per heavy atom. The number of benzene rings is 2. The lowest BCUT2D eigenvalue weighted by Crippen LogP contribution is -2.48. The highest BCUT2D eigenvalue weighted by Gasteiger charge is 2.24. The van der Waals surface area contributed by atoms with Crippen LogP contribution in [0.5, 0.6) is 0 Å². The first-order valence-corrected chi connectivity index (χ1v) is 8.79. The van der Waals surface area contributed by atoms with E-state index in [2.05, 4.69) is 33.0 Å². The lowest BCUT2D eigenvalue weighted by atomic mass is 10.2. The fourth-order valence-corrected chi connectivity index (χ4v) is 3.56. The summed E-state index contributed by atoms with van der Waals surface area (Å²) in [7, 11) is 0. The molecule has 4 nitrogen and oxygen atoms in total. The van der Waals surface area contributed by atoms with Crippen molar-refractivity contribution in [3.05, 3.63) is 64.8 Å². The third kappa shape index (κ3) is 2.80. The highest BCUT2D eigenvalue weighted by atomic mass is 79.9. The molecule has 1 aromatic heterocycles. The molecular formula is C19H17BrN2O2. The largest absolute Gasteiger partial charge is 0.451 e. The lowest BCUT2D eigenvalue weighted by Gasteiger charge is -2.35. The van der Waals surface area contributed by atoms with Crippen LogP contribution in [0.1, 0.15) is 10.6 Å². The molecule has 1 amide bonds. The lowest BCUT2D eigenvalue weighted by molar-refractivity contribution is 0.0717. The molecule has 1 aliphatic rings. The van der Waals surface area contributed by atoms with Gasteiger partial charge in [0.1, 0.15) is 5.58 Å². The molecular weight excluding hydrogens is 368 g/mol. The first kappa shape index (κ1) is 15.3. The Morgan fingerprint density at radius 1 is 0.958 bits per heavy atom. The Kier molecular flexibility index (Phi) is 4.02. The van der Waals surface area contributed by atoms with Crippen LogP contribution < -0.4 is 4.90 Å². The number of anilines is 1. The van der Waals surface area contributed by atoms with E-state index >= 15 is 0 Å². The molecule has 2 aromatic carbocycles. The molecule has 24 heavy (non-hydrogen) atoms. The average molecular weight is 385 g/mol. The number of nitrogens with zero attached hydrogens (tertiary/aromatic N) is 2. The Morgan fingerprint density at radius 3 is 2.42 bits per heavy atom. The summed E-state index contributed by atoms with van der Waals surface area (Å²) in [4.78, 5) is 16.9. The van der Waals surface area contributed by atoms with Gasteiger partial charge in [0.05, 0.1) is 0 Å². The van der Waals surface area contributed by atoms with E-state index in [-0.39, 0.29) is 5.91 Å². The summed E-state index contributed by atoms with van der Waals surface area (Å²) in [6.07, 6.45) is 0. The summed E-state index contributed by atoms with van der Waals surface area (Å²) in [5.74, 6) is 0.371. The minimum absolute atomic E-state index is 0.0363. The third-order valence-corrected chi connectivity index (χ3v) is 5.10. The molecule has 0 bridgehead atoms. The fraction of sp³-hybridized carbons (Fsp3) is 0.211. The van der Waals surface area contributed by atoms with Gasteiger partial charge in [0.25, 0.3) is 5.91 Å². The number of furan rings is 1. The van der Waals surface area contributed by atoms with Crippen LogP contribution in [0.15, 0.2) is 63.5 Å². The molecule has 1 aliphatic heterocycles. The molecule has 5 heteroatoms. The van der Waals surface area contributed by atoms with Crippen LogP contribution in [0.25, 0.3) is 11.0 Å². The number of carbonyl (C=O) groups excluding carboxylic acids is 1. The monoisotopic (exact) mass is 384 g/mol. The summed E-state index contributed by atoms with van der Waals surface area (Å²) in [5.41, 5.74) is 1.94. The van der Waals surface area contributed by atoms with Gasteiger partial charge in [-0.3, -0.25) is 4.79 Å². The van der Waals surface area contributed by atoms with E-state index in [1.54, 1.807) is 0 Å². The molecule has 0 aliphatic carbocycles. The molecule has 1 fully saturated rings. The highest BCUT2D eigenvalue weighted by Crippen LogP contribution is 2.28. The third-order valence-electron chi connectivity index (χ3n) is 4.41. The molecule has 0 radical (unpaired) electrons. The smallest absolute Gasteiger partial charge is 0.289 e. The van der Waals surface area contributed by atoms with Gasteiger partial charge in [0.15, 0.2) is 5.76 Å². The Balaban J connectivity index is 1.48.